The molecule has 0 saturated heterocycles. The zero-order valence-electron chi connectivity index (χ0n) is 10.9. The van der Waals surface area contributed by atoms with Crippen LogP contribution in [0.25, 0.3) is 0 Å². The van der Waals surface area contributed by atoms with Crippen molar-refractivity contribution in [3.05, 3.63) is 29.8 Å². The lowest BCUT2D eigenvalue weighted by Gasteiger charge is -2.21. The summed E-state index contributed by atoms with van der Waals surface area (Å²) in [5.74, 6) is 0.905. The first-order valence-electron chi connectivity index (χ1n) is 6.91. The van der Waals surface area contributed by atoms with Crippen LogP contribution >= 0.6 is 0 Å². The third-order valence-electron chi connectivity index (χ3n) is 4.53. The predicted octanol–water partition coefficient (Wildman–Crippen LogP) is 4.08. The van der Waals surface area contributed by atoms with Crippen molar-refractivity contribution in [1.82, 2.24) is 0 Å². The Balaban J connectivity index is 1.70. The second-order valence-corrected chi connectivity index (χ2v) is 5.85. The van der Waals surface area contributed by atoms with E-state index in [1.807, 2.05) is 0 Å². The van der Waals surface area contributed by atoms with Crippen molar-refractivity contribution in [3.63, 3.8) is 0 Å². The first kappa shape index (κ1) is 13.5. The molecular weight excluding hydrogens is 267 g/mol. The lowest BCUT2D eigenvalue weighted by atomic mass is 9.88. The van der Waals surface area contributed by atoms with Crippen LogP contribution in [-0.4, -0.2) is 5.91 Å². The van der Waals surface area contributed by atoms with E-state index in [9.17, 15) is 18.0 Å². The summed E-state index contributed by atoms with van der Waals surface area (Å²) in [5, 5.41) is 2.64. The summed E-state index contributed by atoms with van der Waals surface area (Å²) < 4.78 is 37.8. The van der Waals surface area contributed by atoms with Crippen LogP contribution in [-0.2, 0) is 11.0 Å². The molecule has 1 aromatic carbocycles. The molecular formula is C15H16F3NO. The lowest BCUT2D eigenvalue weighted by Crippen LogP contribution is -2.27. The van der Waals surface area contributed by atoms with E-state index in [2.05, 4.69) is 5.32 Å². The molecule has 1 N–H and O–H groups in total. The van der Waals surface area contributed by atoms with Gasteiger partial charge in [0.05, 0.1) is 5.56 Å². The Morgan fingerprint density at radius 3 is 2.60 bits per heavy atom. The smallest absolute Gasteiger partial charge is 0.326 e. The number of anilines is 1. The van der Waals surface area contributed by atoms with E-state index >= 15 is 0 Å². The SMILES string of the molecule is O=C(Nc1cccc(C(F)(F)F)c1)[C@H]1C[C@H]2CC[C@H]1C2. The minimum Gasteiger partial charge on any atom is -0.326 e. The molecule has 0 radical (unpaired) electrons. The minimum absolute atomic E-state index is 0.0247. The fourth-order valence-electron chi connectivity index (χ4n) is 3.57. The number of carbonyl (C=O) groups excluding carboxylic acids is 1. The molecule has 3 rings (SSSR count). The van der Waals surface area contributed by atoms with Crippen molar-refractivity contribution in [1.29, 1.82) is 0 Å². The van der Waals surface area contributed by atoms with Gasteiger partial charge in [-0.1, -0.05) is 12.5 Å². The zero-order valence-corrected chi connectivity index (χ0v) is 10.9. The van der Waals surface area contributed by atoms with E-state index in [0.717, 1.165) is 31.4 Å². The van der Waals surface area contributed by atoms with Gasteiger partial charge in [0, 0.05) is 11.6 Å². The molecule has 0 heterocycles. The number of benzene rings is 1. The van der Waals surface area contributed by atoms with E-state index < -0.39 is 11.7 Å². The standard InChI is InChI=1S/C15H16F3NO/c16-15(17,18)11-2-1-3-12(8-11)19-14(20)13-7-9-4-5-10(13)6-9/h1-3,8-10,13H,4-7H2,(H,19,20)/t9-,10-,13-/m0/s1. The van der Waals surface area contributed by atoms with Crippen LogP contribution in [0.3, 0.4) is 0 Å². The van der Waals surface area contributed by atoms with Gasteiger partial charge in [0.1, 0.15) is 0 Å². The number of hydrogen-bond donors (Lipinski definition) is 1. The van der Waals surface area contributed by atoms with Gasteiger partial charge in [-0.15, -0.1) is 0 Å². The fourth-order valence-corrected chi connectivity index (χ4v) is 3.57. The number of alkyl halides is 3. The molecule has 2 fully saturated rings. The molecule has 2 aliphatic rings. The maximum Gasteiger partial charge on any atom is 0.416 e. The molecule has 108 valence electrons. The van der Waals surface area contributed by atoms with Crippen LogP contribution in [0, 0.1) is 17.8 Å². The summed E-state index contributed by atoms with van der Waals surface area (Å²) in [6.45, 7) is 0. The Hall–Kier alpha value is -1.52. The molecule has 1 aromatic rings. The Morgan fingerprint density at radius 1 is 1.20 bits per heavy atom. The monoisotopic (exact) mass is 283 g/mol. The summed E-state index contributed by atoms with van der Waals surface area (Å²) in [6, 6.07) is 4.82. The minimum atomic E-state index is -4.38. The van der Waals surface area contributed by atoms with Crippen molar-refractivity contribution in [2.24, 2.45) is 17.8 Å². The van der Waals surface area contributed by atoms with Gasteiger partial charge >= 0.3 is 6.18 Å². The Kier molecular flexibility index (Phi) is 3.22. The zero-order chi connectivity index (χ0) is 14.3. The number of fused-ring (bicyclic) bond motifs is 2. The second-order valence-electron chi connectivity index (χ2n) is 5.85. The maximum absolute atomic E-state index is 12.6. The van der Waals surface area contributed by atoms with E-state index in [-0.39, 0.29) is 17.5 Å². The Morgan fingerprint density at radius 2 is 2.00 bits per heavy atom. The highest BCUT2D eigenvalue weighted by Gasteiger charge is 2.43. The lowest BCUT2D eigenvalue weighted by molar-refractivity contribution is -0.137. The highest BCUT2D eigenvalue weighted by Crippen LogP contribution is 2.48. The topological polar surface area (TPSA) is 29.1 Å². The van der Waals surface area contributed by atoms with Crippen molar-refractivity contribution in [3.8, 4) is 0 Å². The molecule has 2 aliphatic carbocycles. The molecule has 2 saturated carbocycles. The summed E-state index contributed by atoms with van der Waals surface area (Å²) in [5.41, 5.74) is -0.504. The molecule has 0 aliphatic heterocycles. The Bertz CT molecular complexity index is 526. The van der Waals surface area contributed by atoms with Crippen LogP contribution in [0.5, 0.6) is 0 Å². The molecule has 0 aromatic heterocycles. The number of nitrogens with one attached hydrogen (secondary N) is 1. The van der Waals surface area contributed by atoms with Gasteiger partial charge in [0.15, 0.2) is 0 Å². The van der Waals surface area contributed by atoms with Crippen LogP contribution in [0.2, 0.25) is 0 Å². The van der Waals surface area contributed by atoms with Gasteiger partial charge < -0.3 is 5.32 Å². The van der Waals surface area contributed by atoms with Crippen LogP contribution < -0.4 is 5.32 Å². The molecule has 5 heteroatoms. The van der Waals surface area contributed by atoms with Crippen LogP contribution in [0.15, 0.2) is 24.3 Å². The molecule has 3 atom stereocenters. The summed E-state index contributed by atoms with van der Waals surface area (Å²) >= 11 is 0. The molecule has 20 heavy (non-hydrogen) atoms. The van der Waals surface area contributed by atoms with E-state index in [1.165, 1.54) is 18.6 Å². The number of carbonyl (C=O) groups is 1. The number of halogens is 3. The van der Waals surface area contributed by atoms with Gasteiger partial charge in [-0.3, -0.25) is 4.79 Å². The third-order valence-corrected chi connectivity index (χ3v) is 4.53. The number of rotatable bonds is 2. The maximum atomic E-state index is 12.6. The highest BCUT2D eigenvalue weighted by molar-refractivity contribution is 5.93. The Labute approximate surface area is 115 Å². The van der Waals surface area contributed by atoms with E-state index in [0.29, 0.717) is 11.8 Å². The first-order valence-corrected chi connectivity index (χ1v) is 6.91. The second kappa shape index (κ2) is 4.79. The van der Waals surface area contributed by atoms with Crippen molar-refractivity contribution in [2.45, 2.75) is 31.9 Å². The predicted molar refractivity (Wildman–Crippen MR) is 69.0 cm³/mol. The summed E-state index contributed by atoms with van der Waals surface area (Å²) in [7, 11) is 0. The fraction of sp³-hybridized carbons (Fsp3) is 0.533. The average molecular weight is 283 g/mol. The van der Waals surface area contributed by atoms with E-state index in [1.54, 1.807) is 0 Å². The van der Waals surface area contributed by atoms with Crippen molar-refractivity contribution < 1.29 is 18.0 Å². The van der Waals surface area contributed by atoms with Gasteiger partial charge in [0.25, 0.3) is 0 Å². The summed E-state index contributed by atoms with van der Waals surface area (Å²) in [6.07, 6.45) is -0.132. The van der Waals surface area contributed by atoms with Gasteiger partial charge in [-0.25, -0.2) is 0 Å². The van der Waals surface area contributed by atoms with Crippen molar-refractivity contribution in [2.75, 3.05) is 5.32 Å². The van der Waals surface area contributed by atoms with Gasteiger partial charge in [-0.2, -0.15) is 13.2 Å². The largest absolute Gasteiger partial charge is 0.416 e. The third kappa shape index (κ3) is 2.53. The quantitative estimate of drug-likeness (QED) is 0.870. The average Bonchev–Trinajstić information content (AvgIpc) is 3.00. The first-order chi connectivity index (χ1) is 9.43. The molecule has 0 unspecified atom stereocenters. The molecule has 0 spiro atoms. The van der Waals surface area contributed by atoms with Gasteiger partial charge in [0.2, 0.25) is 5.91 Å². The number of hydrogen-bond acceptors (Lipinski definition) is 1. The molecule has 2 bridgehead atoms. The molecule has 1 amide bonds. The molecule has 2 nitrogen and oxygen atoms in total. The normalized spacial score (nSPS) is 28.6. The summed E-state index contributed by atoms with van der Waals surface area (Å²) in [4.78, 5) is 12.2. The van der Waals surface area contributed by atoms with Crippen molar-refractivity contribution >= 4 is 11.6 Å². The number of amides is 1. The van der Waals surface area contributed by atoms with Gasteiger partial charge in [-0.05, 0) is 49.3 Å². The van der Waals surface area contributed by atoms with Crippen LogP contribution in [0.4, 0.5) is 18.9 Å². The highest BCUT2D eigenvalue weighted by atomic mass is 19.4. The van der Waals surface area contributed by atoms with E-state index in [4.69, 9.17) is 0 Å². The van der Waals surface area contributed by atoms with Crippen LogP contribution in [0.1, 0.15) is 31.2 Å².